The highest BCUT2D eigenvalue weighted by Gasteiger charge is 2.17. The Balaban J connectivity index is 2.06. The lowest BCUT2D eigenvalue weighted by Crippen LogP contribution is -2.35. The fraction of sp³-hybridized carbons (Fsp3) is 0.917. The lowest BCUT2D eigenvalue weighted by molar-refractivity contribution is -0.120. The Hall–Kier alpha value is -0.610. The Kier molecular flexibility index (Phi) is 6.42. The molecule has 0 unspecified atom stereocenters. The van der Waals surface area contributed by atoms with E-state index in [-0.39, 0.29) is 5.91 Å². The molecule has 0 aromatic carbocycles. The van der Waals surface area contributed by atoms with E-state index in [1.807, 2.05) is 0 Å². The minimum atomic E-state index is 0.151. The SMILES string of the molecule is CNC(=O)CCCN1CCC(CCN)CC1. The number of hydrogen-bond donors (Lipinski definition) is 2. The number of piperidine rings is 1. The van der Waals surface area contributed by atoms with Crippen LogP contribution in [0.3, 0.4) is 0 Å². The second kappa shape index (κ2) is 7.63. The predicted octanol–water partition coefficient (Wildman–Crippen LogP) is 0.573. The molecule has 1 saturated heterocycles. The van der Waals surface area contributed by atoms with Crippen LogP contribution >= 0.6 is 0 Å². The number of nitrogens with one attached hydrogen (secondary N) is 1. The summed E-state index contributed by atoms with van der Waals surface area (Å²) in [5, 5.41) is 2.66. The number of nitrogens with two attached hydrogens (primary N) is 1. The van der Waals surface area contributed by atoms with Crippen LogP contribution in [-0.4, -0.2) is 44.0 Å². The topological polar surface area (TPSA) is 58.4 Å². The molecule has 16 heavy (non-hydrogen) atoms. The third-order valence-electron chi connectivity index (χ3n) is 3.44. The summed E-state index contributed by atoms with van der Waals surface area (Å²) >= 11 is 0. The number of amides is 1. The van der Waals surface area contributed by atoms with Crippen molar-refractivity contribution in [2.75, 3.05) is 33.2 Å². The average molecular weight is 227 g/mol. The molecule has 1 fully saturated rings. The number of hydrogen-bond acceptors (Lipinski definition) is 3. The lowest BCUT2D eigenvalue weighted by Gasteiger charge is -2.31. The average Bonchev–Trinajstić information content (AvgIpc) is 2.31. The molecular formula is C12H25N3O. The van der Waals surface area contributed by atoms with Gasteiger partial charge in [-0.05, 0) is 57.8 Å². The van der Waals surface area contributed by atoms with Crippen LogP contribution in [0.5, 0.6) is 0 Å². The smallest absolute Gasteiger partial charge is 0.219 e. The summed E-state index contributed by atoms with van der Waals surface area (Å²) in [6.07, 6.45) is 5.35. The van der Waals surface area contributed by atoms with Gasteiger partial charge in [0.15, 0.2) is 0 Å². The highest BCUT2D eigenvalue weighted by Crippen LogP contribution is 2.19. The molecule has 0 radical (unpaired) electrons. The van der Waals surface area contributed by atoms with Gasteiger partial charge < -0.3 is 16.0 Å². The highest BCUT2D eigenvalue weighted by molar-refractivity contribution is 5.75. The predicted molar refractivity (Wildman–Crippen MR) is 66.1 cm³/mol. The molecule has 0 aliphatic carbocycles. The largest absolute Gasteiger partial charge is 0.359 e. The fourth-order valence-electron chi connectivity index (χ4n) is 2.32. The van der Waals surface area contributed by atoms with Gasteiger partial charge in [-0.2, -0.15) is 0 Å². The van der Waals surface area contributed by atoms with E-state index < -0.39 is 0 Å². The molecule has 1 heterocycles. The first-order valence-electron chi connectivity index (χ1n) is 6.39. The van der Waals surface area contributed by atoms with Crippen LogP contribution in [0, 0.1) is 5.92 Å². The summed E-state index contributed by atoms with van der Waals surface area (Å²) in [6.45, 7) is 4.24. The number of likely N-dealkylation sites (tertiary alicyclic amines) is 1. The maximum Gasteiger partial charge on any atom is 0.219 e. The van der Waals surface area contributed by atoms with Gasteiger partial charge >= 0.3 is 0 Å². The summed E-state index contributed by atoms with van der Waals surface area (Å²) < 4.78 is 0. The second-order valence-electron chi connectivity index (χ2n) is 4.64. The molecule has 1 amide bonds. The Morgan fingerprint density at radius 3 is 2.69 bits per heavy atom. The standard InChI is InChI=1S/C12H25N3O/c1-14-12(16)3-2-8-15-9-5-11(4-7-13)6-10-15/h11H,2-10,13H2,1H3,(H,14,16). The fourth-order valence-corrected chi connectivity index (χ4v) is 2.32. The number of rotatable bonds is 6. The first-order chi connectivity index (χ1) is 7.76. The molecule has 4 nitrogen and oxygen atoms in total. The van der Waals surface area contributed by atoms with E-state index in [1.165, 1.54) is 32.4 Å². The van der Waals surface area contributed by atoms with E-state index in [0.29, 0.717) is 6.42 Å². The minimum absolute atomic E-state index is 0.151. The molecule has 0 aromatic rings. The van der Waals surface area contributed by atoms with E-state index in [9.17, 15) is 4.79 Å². The van der Waals surface area contributed by atoms with Crippen LogP contribution in [0.15, 0.2) is 0 Å². The maximum atomic E-state index is 11.0. The lowest BCUT2D eigenvalue weighted by atomic mass is 9.93. The molecule has 0 saturated carbocycles. The summed E-state index contributed by atoms with van der Waals surface area (Å²) in [7, 11) is 1.70. The molecule has 0 spiro atoms. The van der Waals surface area contributed by atoms with Crippen LogP contribution < -0.4 is 11.1 Å². The molecule has 0 atom stereocenters. The molecule has 3 N–H and O–H groups in total. The van der Waals surface area contributed by atoms with Crippen LogP contribution in [0.2, 0.25) is 0 Å². The van der Waals surface area contributed by atoms with Gasteiger partial charge in [-0.1, -0.05) is 0 Å². The van der Waals surface area contributed by atoms with Gasteiger partial charge in [-0.15, -0.1) is 0 Å². The summed E-state index contributed by atoms with van der Waals surface area (Å²) in [5.74, 6) is 0.984. The minimum Gasteiger partial charge on any atom is -0.359 e. The second-order valence-corrected chi connectivity index (χ2v) is 4.64. The molecule has 94 valence electrons. The Bertz CT molecular complexity index is 200. The molecule has 1 rings (SSSR count). The zero-order valence-electron chi connectivity index (χ0n) is 10.4. The third kappa shape index (κ3) is 4.94. The molecule has 0 aromatic heterocycles. The third-order valence-corrected chi connectivity index (χ3v) is 3.44. The van der Waals surface area contributed by atoms with Gasteiger partial charge in [0.1, 0.15) is 0 Å². The van der Waals surface area contributed by atoms with Gasteiger partial charge in [-0.25, -0.2) is 0 Å². The van der Waals surface area contributed by atoms with Crippen LogP contribution in [0.25, 0.3) is 0 Å². The van der Waals surface area contributed by atoms with Crippen molar-refractivity contribution in [1.29, 1.82) is 0 Å². The van der Waals surface area contributed by atoms with Crippen LogP contribution in [-0.2, 0) is 4.79 Å². The number of nitrogens with zero attached hydrogens (tertiary/aromatic N) is 1. The first kappa shape index (κ1) is 13.5. The summed E-state index contributed by atoms with van der Waals surface area (Å²) in [5.41, 5.74) is 5.56. The Morgan fingerprint density at radius 1 is 1.44 bits per heavy atom. The molecule has 1 aliphatic heterocycles. The molecule has 4 heteroatoms. The van der Waals surface area contributed by atoms with Gasteiger partial charge in [0.2, 0.25) is 5.91 Å². The van der Waals surface area contributed by atoms with Crippen molar-refractivity contribution < 1.29 is 4.79 Å². The van der Waals surface area contributed by atoms with Crippen molar-refractivity contribution in [3.63, 3.8) is 0 Å². The quantitative estimate of drug-likeness (QED) is 0.697. The van der Waals surface area contributed by atoms with E-state index in [2.05, 4.69) is 10.2 Å². The van der Waals surface area contributed by atoms with Crippen molar-refractivity contribution in [3.8, 4) is 0 Å². The zero-order valence-corrected chi connectivity index (χ0v) is 10.4. The van der Waals surface area contributed by atoms with Crippen molar-refractivity contribution in [3.05, 3.63) is 0 Å². The summed E-state index contributed by atoms with van der Waals surface area (Å²) in [4.78, 5) is 13.5. The maximum absolute atomic E-state index is 11.0. The Morgan fingerprint density at radius 2 is 2.12 bits per heavy atom. The molecule has 1 aliphatic rings. The first-order valence-corrected chi connectivity index (χ1v) is 6.39. The molecular weight excluding hydrogens is 202 g/mol. The van der Waals surface area contributed by atoms with E-state index in [4.69, 9.17) is 5.73 Å². The van der Waals surface area contributed by atoms with Crippen LogP contribution in [0.1, 0.15) is 32.1 Å². The van der Waals surface area contributed by atoms with Gasteiger partial charge in [0, 0.05) is 13.5 Å². The highest BCUT2D eigenvalue weighted by atomic mass is 16.1. The zero-order chi connectivity index (χ0) is 11.8. The van der Waals surface area contributed by atoms with Gasteiger partial charge in [0.25, 0.3) is 0 Å². The van der Waals surface area contributed by atoms with E-state index >= 15 is 0 Å². The van der Waals surface area contributed by atoms with Gasteiger partial charge in [0.05, 0.1) is 0 Å². The number of carbonyl (C=O) groups is 1. The van der Waals surface area contributed by atoms with Crippen LogP contribution in [0.4, 0.5) is 0 Å². The molecule has 0 bridgehead atoms. The number of carbonyl (C=O) groups excluding carboxylic acids is 1. The van der Waals surface area contributed by atoms with Crippen molar-refractivity contribution in [2.24, 2.45) is 11.7 Å². The normalized spacial score (nSPS) is 18.6. The van der Waals surface area contributed by atoms with Crippen molar-refractivity contribution in [2.45, 2.75) is 32.1 Å². The monoisotopic (exact) mass is 227 g/mol. The van der Waals surface area contributed by atoms with Crippen molar-refractivity contribution in [1.82, 2.24) is 10.2 Å². The Labute approximate surface area is 98.6 Å². The van der Waals surface area contributed by atoms with Gasteiger partial charge in [-0.3, -0.25) is 4.79 Å². The van der Waals surface area contributed by atoms with E-state index in [1.54, 1.807) is 7.05 Å². The summed E-state index contributed by atoms with van der Waals surface area (Å²) in [6, 6.07) is 0. The van der Waals surface area contributed by atoms with E-state index in [0.717, 1.165) is 25.4 Å². The van der Waals surface area contributed by atoms with Crippen molar-refractivity contribution >= 4 is 5.91 Å².